The largest absolute Gasteiger partial charge is 0.355 e. The fourth-order valence-electron chi connectivity index (χ4n) is 1.53. The average molecular weight is 238 g/mol. The lowest BCUT2D eigenvalue weighted by Gasteiger charge is -2.11. The first-order valence-corrected chi connectivity index (χ1v) is 6.67. The van der Waals surface area contributed by atoms with Gasteiger partial charge in [0.2, 0.25) is 5.91 Å². The minimum atomic E-state index is 0.107. The summed E-state index contributed by atoms with van der Waals surface area (Å²) in [4.78, 5) is 12.8. The molecule has 0 unspecified atom stereocenters. The molecule has 0 spiro atoms. The molecule has 88 valence electrons. The molecule has 1 aliphatic carbocycles. The van der Waals surface area contributed by atoms with Crippen molar-refractivity contribution < 1.29 is 4.79 Å². The first kappa shape index (κ1) is 11.6. The summed E-state index contributed by atoms with van der Waals surface area (Å²) >= 11 is 1.72. The Kier molecular flexibility index (Phi) is 3.96. The molecule has 2 rings (SSSR count). The molecule has 1 saturated carbocycles. The smallest absolute Gasteiger partial charge is 0.233 e. The molecule has 3 nitrogen and oxygen atoms in total. The maximum absolute atomic E-state index is 11.5. The van der Waals surface area contributed by atoms with Gasteiger partial charge in [-0.1, -0.05) is 6.07 Å². The van der Waals surface area contributed by atoms with Crippen LogP contribution in [0.15, 0.2) is 17.5 Å². The van der Waals surface area contributed by atoms with Gasteiger partial charge in [-0.3, -0.25) is 4.79 Å². The van der Waals surface area contributed by atoms with Gasteiger partial charge >= 0.3 is 0 Å². The molecule has 1 aromatic rings. The highest BCUT2D eigenvalue weighted by molar-refractivity contribution is 7.10. The van der Waals surface area contributed by atoms with Gasteiger partial charge in [-0.25, -0.2) is 0 Å². The third-order valence-electron chi connectivity index (χ3n) is 2.82. The van der Waals surface area contributed by atoms with Crippen LogP contribution >= 0.6 is 11.3 Å². The minimum absolute atomic E-state index is 0.107. The molecule has 1 aromatic heterocycles. The van der Waals surface area contributed by atoms with Gasteiger partial charge in [-0.05, 0) is 37.1 Å². The predicted octanol–water partition coefficient (Wildman–Crippen LogP) is 1.92. The molecule has 0 saturated heterocycles. The Bertz CT molecular complexity index is 333. The lowest BCUT2D eigenvalue weighted by molar-refractivity contribution is -0.120. The number of rotatable bonds is 6. The van der Waals surface area contributed by atoms with E-state index in [0.717, 1.165) is 12.5 Å². The molecule has 1 fully saturated rings. The van der Waals surface area contributed by atoms with Crippen LogP contribution in [0.4, 0.5) is 0 Å². The van der Waals surface area contributed by atoms with Crippen LogP contribution in [0.2, 0.25) is 0 Å². The topological polar surface area (TPSA) is 41.1 Å². The van der Waals surface area contributed by atoms with Gasteiger partial charge in [-0.15, -0.1) is 11.3 Å². The van der Waals surface area contributed by atoms with E-state index in [4.69, 9.17) is 0 Å². The summed E-state index contributed by atoms with van der Waals surface area (Å²) in [5.41, 5.74) is 0. The molecule has 1 atom stereocenters. The Morgan fingerprint density at radius 2 is 2.44 bits per heavy atom. The summed E-state index contributed by atoms with van der Waals surface area (Å²) in [6.45, 7) is 3.35. The lowest BCUT2D eigenvalue weighted by atomic mass is 10.3. The SMILES string of the molecule is C[C@H](NCC(=O)NCC1CC1)c1cccs1. The van der Waals surface area contributed by atoms with E-state index < -0.39 is 0 Å². The van der Waals surface area contributed by atoms with Gasteiger partial charge < -0.3 is 10.6 Å². The molecule has 0 radical (unpaired) electrons. The zero-order valence-electron chi connectivity index (χ0n) is 9.53. The molecule has 0 bridgehead atoms. The van der Waals surface area contributed by atoms with Crippen molar-refractivity contribution >= 4 is 17.2 Å². The molecule has 0 aromatic carbocycles. The number of thiophene rings is 1. The average Bonchev–Trinajstić information content (AvgIpc) is 2.95. The quantitative estimate of drug-likeness (QED) is 0.795. The first-order chi connectivity index (χ1) is 7.75. The molecule has 4 heteroatoms. The van der Waals surface area contributed by atoms with Gasteiger partial charge in [-0.2, -0.15) is 0 Å². The van der Waals surface area contributed by atoms with Crippen LogP contribution in [0.1, 0.15) is 30.7 Å². The van der Waals surface area contributed by atoms with Crippen molar-refractivity contribution in [2.45, 2.75) is 25.8 Å². The van der Waals surface area contributed by atoms with Crippen molar-refractivity contribution in [1.29, 1.82) is 0 Å². The summed E-state index contributed by atoms with van der Waals surface area (Å²) in [5.74, 6) is 0.856. The highest BCUT2D eigenvalue weighted by atomic mass is 32.1. The molecule has 1 aliphatic rings. The molecule has 0 aliphatic heterocycles. The molecular weight excluding hydrogens is 220 g/mol. The van der Waals surface area contributed by atoms with E-state index in [0.29, 0.717) is 6.54 Å². The van der Waals surface area contributed by atoms with Gasteiger partial charge in [0.05, 0.1) is 6.54 Å². The van der Waals surface area contributed by atoms with Crippen LogP contribution in [-0.4, -0.2) is 19.0 Å². The molecule has 1 heterocycles. The number of amides is 1. The molecule has 1 amide bonds. The summed E-state index contributed by atoms with van der Waals surface area (Å²) in [6.07, 6.45) is 2.55. The lowest BCUT2D eigenvalue weighted by Crippen LogP contribution is -2.35. The van der Waals surface area contributed by atoms with E-state index in [2.05, 4.69) is 29.0 Å². The number of hydrogen-bond acceptors (Lipinski definition) is 3. The van der Waals surface area contributed by atoms with Crippen molar-refractivity contribution in [3.63, 3.8) is 0 Å². The maximum Gasteiger partial charge on any atom is 0.233 e. The first-order valence-electron chi connectivity index (χ1n) is 5.79. The second-order valence-electron chi connectivity index (χ2n) is 4.37. The van der Waals surface area contributed by atoms with Gasteiger partial charge in [0.15, 0.2) is 0 Å². The standard InChI is InChI=1S/C12H18N2OS/c1-9(11-3-2-6-16-11)13-8-12(15)14-7-10-4-5-10/h2-3,6,9-10,13H,4-5,7-8H2,1H3,(H,14,15)/t9-/m0/s1. The fraction of sp³-hybridized carbons (Fsp3) is 0.583. The van der Waals surface area contributed by atoms with Crippen LogP contribution in [0.3, 0.4) is 0 Å². The normalized spacial score (nSPS) is 17.1. The van der Waals surface area contributed by atoms with Crippen molar-refractivity contribution in [3.05, 3.63) is 22.4 Å². The Hall–Kier alpha value is -0.870. The Balaban J connectivity index is 1.64. The predicted molar refractivity (Wildman–Crippen MR) is 66.5 cm³/mol. The van der Waals surface area contributed by atoms with E-state index >= 15 is 0 Å². The van der Waals surface area contributed by atoms with Gasteiger partial charge in [0.25, 0.3) is 0 Å². The Labute approximate surface area is 100 Å². The van der Waals surface area contributed by atoms with Crippen LogP contribution < -0.4 is 10.6 Å². The van der Waals surface area contributed by atoms with E-state index in [1.165, 1.54) is 17.7 Å². The molecular formula is C12H18N2OS. The maximum atomic E-state index is 11.5. The zero-order chi connectivity index (χ0) is 11.4. The number of carbonyl (C=O) groups excluding carboxylic acids is 1. The van der Waals surface area contributed by atoms with E-state index in [1.54, 1.807) is 11.3 Å². The molecule has 2 N–H and O–H groups in total. The fourth-order valence-corrected chi connectivity index (χ4v) is 2.29. The van der Waals surface area contributed by atoms with Crippen LogP contribution in [0, 0.1) is 5.92 Å². The van der Waals surface area contributed by atoms with Crippen molar-refractivity contribution in [2.75, 3.05) is 13.1 Å². The van der Waals surface area contributed by atoms with Gasteiger partial charge in [0.1, 0.15) is 0 Å². The number of carbonyl (C=O) groups is 1. The van der Waals surface area contributed by atoms with Crippen LogP contribution in [0.5, 0.6) is 0 Å². The minimum Gasteiger partial charge on any atom is -0.355 e. The highest BCUT2D eigenvalue weighted by Crippen LogP contribution is 2.27. The van der Waals surface area contributed by atoms with Gasteiger partial charge in [0, 0.05) is 17.5 Å². The van der Waals surface area contributed by atoms with E-state index in [9.17, 15) is 4.79 Å². The summed E-state index contributed by atoms with van der Waals surface area (Å²) in [7, 11) is 0. The van der Waals surface area contributed by atoms with E-state index in [1.807, 2.05) is 6.07 Å². The second-order valence-corrected chi connectivity index (χ2v) is 5.34. The number of nitrogens with one attached hydrogen (secondary N) is 2. The Morgan fingerprint density at radius 1 is 1.62 bits per heavy atom. The van der Waals surface area contributed by atoms with Crippen LogP contribution in [-0.2, 0) is 4.79 Å². The van der Waals surface area contributed by atoms with Crippen molar-refractivity contribution in [2.24, 2.45) is 5.92 Å². The summed E-state index contributed by atoms with van der Waals surface area (Å²) in [5, 5.41) is 8.23. The third kappa shape index (κ3) is 3.61. The number of hydrogen-bond donors (Lipinski definition) is 2. The van der Waals surface area contributed by atoms with Crippen molar-refractivity contribution in [1.82, 2.24) is 10.6 Å². The monoisotopic (exact) mass is 238 g/mol. The van der Waals surface area contributed by atoms with Crippen molar-refractivity contribution in [3.8, 4) is 0 Å². The highest BCUT2D eigenvalue weighted by Gasteiger charge is 2.21. The van der Waals surface area contributed by atoms with Crippen LogP contribution in [0.25, 0.3) is 0 Å². The zero-order valence-corrected chi connectivity index (χ0v) is 10.3. The summed E-state index contributed by atoms with van der Waals surface area (Å²) < 4.78 is 0. The van der Waals surface area contributed by atoms with E-state index in [-0.39, 0.29) is 11.9 Å². The third-order valence-corrected chi connectivity index (χ3v) is 3.88. The molecule has 16 heavy (non-hydrogen) atoms. The second kappa shape index (κ2) is 5.46. The Morgan fingerprint density at radius 3 is 3.06 bits per heavy atom. The summed E-state index contributed by atoms with van der Waals surface area (Å²) in [6, 6.07) is 4.38.